The predicted molar refractivity (Wildman–Crippen MR) is 124 cm³/mol. The van der Waals surface area contributed by atoms with Gasteiger partial charge < -0.3 is 21.1 Å². The maximum absolute atomic E-state index is 11.0. The summed E-state index contributed by atoms with van der Waals surface area (Å²) in [5.74, 6) is 1.60. The smallest absolute Gasteiger partial charge is 0.316 e. The Morgan fingerprint density at radius 3 is 2.50 bits per heavy atom. The molecule has 3 aromatic rings. The van der Waals surface area contributed by atoms with Gasteiger partial charge in [-0.05, 0) is 67.3 Å². The summed E-state index contributed by atoms with van der Waals surface area (Å²) >= 11 is 0. The van der Waals surface area contributed by atoms with Crippen molar-refractivity contribution in [2.75, 3.05) is 17.2 Å². The van der Waals surface area contributed by atoms with Gasteiger partial charge in [0.15, 0.2) is 0 Å². The molecule has 1 heterocycles. The lowest BCUT2D eigenvalue weighted by molar-refractivity contribution is 0.209. The lowest BCUT2D eigenvalue weighted by atomic mass is 9.90. The van der Waals surface area contributed by atoms with Crippen LogP contribution in [0.4, 0.5) is 21.9 Å². The molecule has 30 heavy (non-hydrogen) atoms. The van der Waals surface area contributed by atoms with Gasteiger partial charge in [-0.3, -0.25) is 4.98 Å². The third-order valence-corrected chi connectivity index (χ3v) is 5.35. The normalized spacial score (nSPS) is 14.0. The van der Waals surface area contributed by atoms with Crippen LogP contribution in [0.3, 0.4) is 0 Å². The molecule has 0 spiro atoms. The van der Waals surface area contributed by atoms with Gasteiger partial charge in [-0.15, -0.1) is 12.4 Å². The molecule has 1 aliphatic carbocycles. The zero-order valence-corrected chi connectivity index (χ0v) is 17.6. The van der Waals surface area contributed by atoms with Gasteiger partial charge >= 0.3 is 6.03 Å². The number of fused-ring (bicyclic) bond motifs is 1. The van der Waals surface area contributed by atoms with Crippen molar-refractivity contribution in [3.63, 3.8) is 0 Å². The van der Waals surface area contributed by atoms with Crippen LogP contribution in [0.2, 0.25) is 0 Å². The van der Waals surface area contributed by atoms with Gasteiger partial charge in [-0.1, -0.05) is 19.3 Å². The molecule has 0 saturated heterocycles. The number of hydrogen-bond acceptors (Lipinski definition) is 4. The van der Waals surface area contributed by atoms with Crippen molar-refractivity contribution in [3.05, 3.63) is 54.7 Å². The molecule has 2 aromatic carbocycles. The van der Waals surface area contributed by atoms with Crippen LogP contribution >= 0.6 is 12.4 Å². The summed E-state index contributed by atoms with van der Waals surface area (Å²) in [5.41, 5.74) is 8.49. The number of hydrogen-bond donors (Lipinski definition) is 3. The van der Waals surface area contributed by atoms with Crippen molar-refractivity contribution in [1.29, 1.82) is 0 Å². The minimum atomic E-state index is -0.593. The summed E-state index contributed by atoms with van der Waals surface area (Å²) in [4.78, 5) is 15.4. The molecule has 1 aliphatic rings. The second-order valence-electron chi connectivity index (χ2n) is 7.54. The first-order valence-electron chi connectivity index (χ1n) is 10.1. The number of ether oxygens (including phenoxy) is 1. The quantitative estimate of drug-likeness (QED) is 0.461. The van der Waals surface area contributed by atoms with Crippen LogP contribution < -0.4 is 21.1 Å². The molecule has 158 valence electrons. The fourth-order valence-electron chi connectivity index (χ4n) is 3.83. The minimum Gasteiger partial charge on any atom is -0.493 e. The van der Waals surface area contributed by atoms with Crippen LogP contribution in [0, 0.1) is 5.92 Å². The molecule has 0 atom stereocenters. The average Bonchev–Trinajstić information content (AvgIpc) is 2.74. The number of rotatable bonds is 6. The van der Waals surface area contributed by atoms with E-state index in [2.05, 4.69) is 15.6 Å². The van der Waals surface area contributed by atoms with Gasteiger partial charge in [0, 0.05) is 28.6 Å². The van der Waals surface area contributed by atoms with E-state index in [1.807, 2.05) is 42.5 Å². The molecule has 0 unspecified atom stereocenters. The Morgan fingerprint density at radius 1 is 1.03 bits per heavy atom. The first-order chi connectivity index (χ1) is 14.2. The van der Waals surface area contributed by atoms with Crippen molar-refractivity contribution in [1.82, 2.24) is 4.98 Å². The molecular formula is C23H27ClN4O2. The van der Waals surface area contributed by atoms with Crippen molar-refractivity contribution in [2.45, 2.75) is 32.1 Å². The topological polar surface area (TPSA) is 89.3 Å². The number of pyridine rings is 1. The second-order valence-corrected chi connectivity index (χ2v) is 7.54. The highest BCUT2D eigenvalue weighted by Crippen LogP contribution is 2.29. The number of benzene rings is 2. The molecule has 2 amide bonds. The van der Waals surface area contributed by atoms with E-state index in [1.54, 1.807) is 12.3 Å². The van der Waals surface area contributed by atoms with Crippen LogP contribution in [-0.2, 0) is 0 Å². The molecule has 1 saturated carbocycles. The minimum absolute atomic E-state index is 0. The molecule has 6 nitrogen and oxygen atoms in total. The van der Waals surface area contributed by atoms with Crippen molar-refractivity contribution in [2.24, 2.45) is 11.7 Å². The first-order valence-corrected chi connectivity index (χ1v) is 10.1. The van der Waals surface area contributed by atoms with E-state index in [-0.39, 0.29) is 12.4 Å². The zero-order chi connectivity index (χ0) is 20.1. The maximum atomic E-state index is 11.0. The maximum Gasteiger partial charge on any atom is 0.316 e. The largest absolute Gasteiger partial charge is 0.493 e. The fraction of sp³-hybridized carbons (Fsp3) is 0.304. The Morgan fingerprint density at radius 2 is 1.77 bits per heavy atom. The van der Waals surface area contributed by atoms with E-state index >= 15 is 0 Å². The highest BCUT2D eigenvalue weighted by Gasteiger charge is 2.14. The SMILES string of the molecule is Cl.NC(=O)Nc1ccc2c(Nc3ccc(OCC4CCCCC4)cc3)ccnc2c1. The molecule has 4 N–H and O–H groups in total. The summed E-state index contributed by atoms with van der Waals surface area (Å²) in [5, 5.41) is 6.96. The number of aromatic nitrogens is 1. The first kappa shape index (κ1) is 21.7. The van der Waals surface area contributed by atoms with Gasteiger partial charge in [0.1, 0.15) is 5.75 Å². The van der Waals surface area contributed by atoms with Crippen molar-refractivity contribution >= 4 is 46.4 Å². The van der Waals surface area contributed by atoms with Crippen molar-refractivity contribution < 1.29 is 9.53 Å². The van der Waals surface area contributed by atoms with E-state index in [9.17, 15) is 4.79 Å². The van der Waals surface area contributed by atoms with Crippen LogP contribution in [-0.4, -0.2) is 17.6 Å². The van der Waals surface area contributed by atoms with Crippen LogP contribution in [0.25, 0.3) is 10.9 Å². The second kappa shape index (κ2) is 10.2. The standard InChI is InChI=1S/C23H26N4O2.ClH/c24-23(28)27-18-8-11-20-21(12-13-25-22(20)14-18)26-17-6-9-19(10-7-17)29-15-16-4-2-1-3-5-16;/h6-14,16H,1-5,15H2,(H,25,26)(H3,24,27,28);1H. The number of nitrogens with two attached hydrogens (primary N) is 1. The molecule has 4 rings (SSSR count). The molecular weight excluding hydrogens is 400 g/mol. The molecule has 0 aliphatic heterocycles. The highest BCUT2D eigenvalue weighted by atomic mass is 35.5. The third-order valence-electron chi connectivity index (χ3n) is 5.35. The number of urea groups is 1. The number of nitrogens with one attached hydrogen (secondary N) is 2. The van der Waals surface area contributed by atoms with Gasteiger partial charge in [-0.2, -0.15) is 0 Å². The van der Waals surface area contributed by atoms with Gasteiger partial charge in [0.05, 0.1) is 12.1 Å². The fourth-order valence-corrected chi connectivity index (χ4v) is 3.83. The number of carbonyl (C=O) groups excluding carboxylic acids is 1. The molecule has 0 radical (unpaired) electrons. The average molecular weight is 427 g/mol. The number of halogens is 1. The van der Waals surface area contributed by atoms with Crippen LogP contribution in [0.5, 0.6) is 5.75 Å². The number of primary amides is 1. The number of nitrogens with zero attached hydrogens (tertiary/aromatic N) is 1. The Balaban J connectivity index is 0.00000256. The van der Waals surface area contributed by atoms with E-state index in [4.69, 9.17) is 10.5 Å². The number of carbonyl (C=O) groups is 1. The highest BCUT2D eigenvalue weighted by molar-refractivity contribution is 5.97. The van der Waals surface area contributed by atoms with E-state index in [0.717, 1.165) is 34.6 Å². The molecule has 1 aromatic heterocycles. The zero-order valence-electron chi connectivity index (χ0n) is 16.8. The van der Waals surface area contributed by atoms with Crippen LogP contribution in [0.15, 0.2) is 54.7 Å². The lowest BCUT2D eigenvalue weighted by Crippen LogP contribution is -2.19. The lowest BCUT2D eigenvalue weighted by Gasteiger charge is -2.21. The Bertz CT molecular complexity index is 988. The predicted octanol–water partition coefficient (Wildman–Crippen LogP) is 5.85. The summed E-state index contributed by atoms with van der Waals surface area (Å²) in [6, 6.07) is 14.9. The van der Waals surface area contributed by atoms with Gasteiger partial charge in [-0.25, -0.2) is 4.79 Å². The third kappa shape index (κ3) is 5.54. The van der Waals surface area contributed by atoms with Gasteiger partial charge in [0.25, 0.3) is 0 Å². The number of amides is 2. The summed E-state index contributed by atoms with van der Waals surface area (Å²) in [7, 11) is 0. The van der Waals surface area contributed by atoms with E-state index in [1.165, 1.54) is 32.1 Å². The Kier molecular flexibility index (Phi) is 7.36. The summed E-state index contributed by atoms with van der Waals surface area (Å²) in [6.45, 7) is 0.809. The summed E-state index contributed by atoms with van der Waals surface area (Å²) in [6.07, 6.45) is 8.33. The van der Waals surface area contributed by atoms with Gasteiger partial charge in [0.2, 0.25) is 0 Å². The van der Waals surface area contributed by atoms with Crippen molar-refractivity contribution in [3.8, 4) is 5.75 Å². The van der Waals surface area contributed by atoms with E-state index < -0.39 is 6.03 Å². The molecule has 0 bridgehead atoms. The van der Waals surface area contributed by atoms with Crippen LogP contribution in [0.1, 0.15) is 32.1 Å². The molecule has 7 heteroatoms. The van der Waals surface area contributed by atoms with E-state index in [0.29, 0.717) is 11.6 Å². The monoisotopic (exact) mass is 426 g/mol. The number of anilines is 3. The molecule has 1 fully saturated rings. The Labute approximate surface area is 182 Å². The summed E-state index contributed by atoms with van der Waals surface area (Å²) < 4.78 is 5.98. The Hall–Kier alpha value is -2.99.